The molecule has 0 N–H and O–H groups in total. The first-order valence-corrected chi connectivity index (χ1v) is 6.12. The topological polar surface area (TPSA) is 26.3 Å². The van der Waals surface area contributed by atoms with Gasteiger partial charge in [0.2, 0.25) is 0 Å². The molecule has 110 valence electrons. The van der Waals surface area contributed by atoms with E-state index in [1.807, 2.05) is 0 Å². The third-order valence-electron chi connectivity index (χ3n) is 2.43. The molecule has 0 fully saturated rings. The van der Waals surface area contributed by atoms with E-state index < -0.39 is 23.3 Å². The Bertz CT molecular complexity index is 505. The number of allylic oxidation sites excluding steroid dienone is 1. The molecule has 1 aromatic carbocycles. The highest BCUT2D eigenvalue weighted by Gasteiger charge is 2.30. The number of carbonyl (C=O) groups excluding carboxylic acids is 1. The van der Waals surface area contributed by atoms with Gasteiger partial charge in [-0.2, -0.15) is 13.2 Å². The van der Waals surface area contributed by atoms with E-state index in [9.17, 15) is 18.0 Å². The molecule has 0 aliphatic carbocycles. The highest BCUT2D eigenvalue weighted by atomic mass is 19.4. The van der Waals surface area contributed by atoms with Gasteiger partial charge < -0.3 is 4.74 Å². The van der Waals surface area contributed by atoms with Crippen LogP contribution < -0.4 is 0 Å². The zero-order valence-electron chi connectivity index (χ0n) is 11.8. The summed E-state index contributed by atoms with van der Waals surface area (Å²) in [6.45, 7) is 6.82. The zero-order chi connectivity index (χ0) is 15.6. The third-order valence-corrected chi connectivity index (χ3v) is 2.43. The van der Waals surface area contributed by atoms with E-state index in [0.717, 1.165) is 12.1 Å². The summed E-state index contributed by atoms with van der Waals surface area (Å²) in [5.74, 6) is -0.556. The minimum absolute atomic E-state index is 0.244. The van der Waals surface area contributed by atoms with Crippen LogP contribution in [-0.4, -0.2) is 11.6 Å². The zero-order valence-corrected chi connectivity index (χ0v) is 11.8. The number of esters is 1. The molecular formula is C15H17F3O2. The van der Waals surface area contributed by atoms with Gasteiger partial charge in [0.05, 0.1) is 11.1 Å². The Morgan fingerprint density at radius 1 is 1.10 bits per heavy atom. The van der Waals surface area contributed by atoms with Crippen molar-refractivity contribution in [3.63, 3.8) is 0 Å². The van der Waals surface area contributed by atoms with E-state index in [1.165, 1.54) is 18.2 Å². The largest absolute Gasteiger partial charge is 0.456 e. The molecule has 0 heterocycles. The number of carbonyl (C=O) groups is 1. The molecule has 5 heteroatoms. The summed E-state index contributed by atoms with van der Waals surface area (Å²) in [7, 11) is 0. The van der Waals surface area contributed by atoms with Crippen molar-refractivity contribution >= 4 is 11.5 Å². The molecule has 0 saturated heterocycles. The molecule has 0 radical (unpaired) electrons. The summed E-state index contributed by atoms with van der Waals surface area (Å²) < 4.78 is 42.6. The summed E-state index contributed by atoms with van der Waals surface area (Å²) in [4.78, 5) is 12.0. The van der Waals surface area contributed by atoms with Gasteiger partial charge in [0.1, 0.15) is 5.60 Å². The number of rotatable bonds is 2. The van der Waals surface area contributed by atoms with Crippen LogP contribution in [0, 0.1) is 0 Å². The van der Waals surface area contributed by atoms with E-state index in [-0.39, 0.29) is 5.57 Å². The first-order chi connectivity index (χ1) is 9.04. The van der Waals surface area contributed by atoms with Gasteiger partial charge in [-0.3, -0.25) is 0 Å². The van der Waals surface area contributed by atoms with Gasteiger partial charge in [0.25, 0.3) is 0 Å². The summed E-state index contributed by atoms with van der Waals surface area (Å²) in [6.07, 6.45) is -2.86. The van der Waals surface area contributed by atoms with Crippen LogP contribution in [0.3, 0.4) is 0 Å². The van der Waals surface area contributed by atoms with Crippen molar-refractivity contribution in [3.05, 3.63) is 41.5 Å². The molecule has 1 rings (SSSR count). The smallest absolute Gasteiger partial charge is 0.416 e. The molecule has 0 spiro atoms. The molecule has 1 aromatic rings. The molecule has 0 aromatic heterocycles. The number of benzene rings is 1. The SMILES string of the molecule is C/C=C(/C(=O)OC(C)(C)C)c1ccc(C(F)(F)F)cc1. The maximum atomic E-state index is 12.5. The second kappa shape index (κ2) is 5.69. The van der Waals surface area contributed by atoms with Gasteiger partial charge in [-0.1, -0.05) is 18.2 Å². The van der Waals surface area contributed by atoms with Crippen LogP contribution in [0.25, 0.3) is 5.57 Å². The number of hydrogen-bond donors (Lipinski definition) is 0. The van der Waals surface area contributed by atoms with Crippen LogP contribution in [0.4, 0.5) is 13.2 Å². The molecule has 2 nitrogen and oxygen atoms in total. The number of hydrogen-bond acceptors (Lipinski definition) is 2. The van der Waals surface area contributed by atoms with Gasteiger partial charge in [-0.25, -0.2) is 4.79 Å². The van der Waals surface area contributed by atoms with Crippen molar-refractivity contribution in [1.82, 2.24) is 0 Å². The number of ether oxygens (including phenoxy) is 1. The van der Waals surface area contributed by atoms with Crippen molar-refractivity contribution in [2.24, 2.45) is 0 Å². The predicted molar refractivity (Wildman–Crippen MR) is 70.9 cm³/mol. The monoisotopic (exact) mass is 286 g/mol. The summed E-state index contributed by atoms with van der Waals surface area (Å²) >= 11 is 0. The minimum atomic E-state index is -4.39. The van der Waals surface area contributed by atoms with E-state index in [0.29, 0.717) is 5.56 Å². The fourth-order valence-corrected chi connectivity index (χ4v) is 1.57. The first kappa shape index (κ1) is 16.3. The van der Waals surface area contributed by atoms with Gasteiger partial charge in [-0.15, -0.1) is 0 Å². The lowest BCUT2D eigenvalue weighted by Crippen LogP contribution is -2.24. The molecular weight excluding hydrogens is 269 g/mol. The van der Waals surface area contributed by atoms with Crippen molar-refractivity contribution in [1.29, 1.82) is 0 Å². The fraction of sp³-hybridized carbons (Fsp3) is 0.400. The Kier molecular flexibility index (Phi) is 4.63. The third kappa shape index (κ3) is 4.40. The van der Waals surface area contributed by atoms with Crippen LogP contribution in [0.1, 0.15) is 38.8 Å². The van der Waals surface area contributed by atoms with Gasteiger partial charge in [0.15, 0.2) is 0 Å². The van der Waals surface area contributed by atoms with E-state index >= 15 is 0 Å². The summed E-state index contributed by atoms with van der Waals surface area (Å²) in [6, 6.07) is 4.43. The van der Waals surface area contributed by atoms with Crippen molar-refractivity contribution in [2.75, 3.05) is 0 Å². The molecule has 20 heavy (non-hydrogen) atoms. The normalized spacial score (nSPS) is 13.2. The summed E-state index contributed by atoms with van der Waals surface area (Å²) in [5, 5.41) is 0. The molecule has 0 aliphatic rings. The van der Waals surface area contributed by atoms with Gasteiger partial charge in [0, 0.05) is 0 Å². The average Bonchev–Trinajstić information content (AvgIpc) is 2.27. The first-order valence-electron chi connectivity index (χ1n) is 6.12. The number of halogens is 3. The molecule has 0 bridgehead atoms. The standard InChI is InChI=1S/C15H17F3O2/c1-5-12(13(19)20-14(2,3)4)10-6-8-11(9-7-10)15(16,17)18/h5-9H,1-4H3/b12-5+. The van der Waals surface area contributed by atoms with Crippen LogP contribution >= 0.6 is 0 Å². The van der Waals surface area contributed by atoms with E-state index in [4.69, 9.17) is 4.74 Å². The number of alkyl halides is 3. The Labute approximate surface area is 116 Å². The molecule has 0 amide bonds. The lowest BCUT2D eigenvalue weighted by atomic mass is 10.0. The minimum Gasteiger partial charge on any atom is -0.456 e. The van der Waals surface area contributed by atoms with Gasteiger partial charge >= 0.3 is 12.1 Å². The van der Waals surface area contributed by atoms with Gasteiger partial charge in [-0.05, 0) is 45.4 Å². The fourth-order valence-electron chi connectivity index (χ4n) is 1.57. The van der Waals surface area contributed by atoms with Crippen molar-refractivity contribution in [2.45, 2.75) is 39.5 Å². The Balaban J connectivity index is 3.01. The van der Waals surface area contributed by atoms with E-state index in [2.05, 4.69) is 0 Å². The summed E-state index contributed by atoms with van der Waals surface area (Å²) in [5.41, 5.74) is -0.763. The van der Waals surface area contributed by atoms with Crippen LogP contribution in [0.15, 0.2) is 30.3 Å². The molecule has 0 atom stereocenters. The molecule has 0 aliphatic heterocycles. The Morgan fingerprint density at radius 3 is 1.95 bits per heavy atom. The highest BCUT2D eigenvalue weighted by molar-refractivity contribution is 6.16. The van der Waals surface area contributed by atoms with Crippen molar-refractivity contribution < 1.29 is 22.7 Å². The predicted octanol–water partition coefficient (Wildman–Crippen LogP) is 4.45. The van der Waals surface area contributed by atoms with Crippen LogP contribution in [-0.2, 0) is 15.7 Å². The lowest BCUT2D eigenvalue weighted by molar-refractivity contribution is -0.147. The Hall–Kier alpha value is -1.78. The van der Waals surface area contributed by atoms with Crippen LogP contribution in [0.2, 0.25) is 0 Å². The van der Waals surface area contributed by atoms with Crippen molar-refractivity contribution in [3.8, 4) is 0 Å². The van der Waals surface area contributed by atoms with E-state index in [1.54, 1.807) is 27.7 Å². The highest BCUT2D eigenvalue weighted by Crippen LogP contribution is 2.30. The average molecular weight is 286 g/mol. The maximum absolute atomic E-state index is 12.5. The van der Waals surface area contributed by atoms with Crippen LogP contribution in [0.5, 0.6) is 0 Å². The second-order valence-electron chi connectivity index (χ2n) is 5.28. The Morgan fingerprint density at radius 2 is 1.60 bits per heavy atom. The second-order valence-corrected chi connectivity index (χ2v) is 5.28. The molecule has 0 unspecified atom stereocenters. The lowest BCUT2D eigenvalue weighted by Gasteiger charge is -2.20. The maximum Gasteiger partial charge on any atom is 0.416 e. The quantitative estimate of drug-likeness (QED) is 0.593. The molecule has 0 saturated carbocycles.